The lowest BCUT2D eigenvalue weighted by atomic mass is 10.1. The van der Waals surface area contributed by atoms with Gasteiger partial charge >= 0.3 is 17.9 Å². The highest BCUT2D eigenvalue weighted by Gasteiger charge is 2.19. The number of esters is 3. The Morgan fingerprint density at radius 1 is 0.314 bits per heavy atom. The van der Waals surface area contributed by atoms with Crippen molar-refractivity contribution in [3.05, 3.63) is 146 Å². The number of hydrogen-bond donors (Lipinski definition) is 0. The van der Waals surface area contributed by atoms with Gasteiger partial charge in [-0.15, -0.1) is 0 Å². The van der Waals surface area contributed by atoms with Crippen LogP contribution < -0.4 is 0 Å². The fourth-order valence-corrected chi connectivity index (χ4v) is 6.97. The Morgan fingerprint density at radius 3 is 1.00 bits per heavy atom. The van der Waals surface area contributed by atoms with E-state index in [0.717, 1.165) is 116 Å². The standard InChI is InChI=1S/C64H100O6/c1-4-7-10-13-16-19-22-25-28-31-34-36-39-42-45-48-51-54-57-63(66)69-60-61(70-64(67)58-55-52-49-46-43-40-37-33-30-27-24-21-18-15-12-9-6-3)59-68-62(65)56-53-50-47-44-41-38-35-32-29-26-23-20-17-14-11-8-5-2/h8-9,11-12,17-18,20-21,26-31,34-38,40,44,46-47,49,61H,4-7,10,13-16,19,22-25,32-33,39,41-43,45,48,50-60H2,1-3H3/b11-8-,12-9-,20-17-,21-18-,29-26-,30-27-,31-28-,36-34-,38-35-,40-37-,47-44-,49-46-. The fourth-order valence-electron chi connectivity index (χ4n) is 6.97. The first kappa shape index (κ1) is 65.3. The van der Waals surface area contributed by atoms with E-state index in [1.54, 1.807) is 0 Å². The van der Waals surface area contributed by atoms with E-state index in [1.807, 2.05) is 0 Å². The molecule has 1 unspecified atom stereocenters. The van der Waals surface area contributed by atoms with E-state index in [4.69, 9.17) is 14.2 Å². The summed E-state index contributed by atoms with van der Waals surface area (Å²) in [7, 11) is 0. The van der Waals surface area contributed by atoms with Gasteiger partial charge in [0.25, 0.3) is 0 Å². The van der Waals surface area contributed by atoms with Gasteiger partial charge in [-0.1, -0.05) is 224 Å². The van der Waals surface area contributed by atoms with Gasteiger partial charge in [-0.05, 0) is 122 Å². The summed E-state index contributed by atoms with van der Waals surface area (Å²) in [6.07, 6.45) is 81.3. The maximum absolute atomic E-state index is 12.8. The molecule has 0 aromatic heterocycles. The number of ether oxygens (including phenoxy) is 3. The van der Waals surface area contributed by atoms with Gasteiger partial charge in [0.1, 0.15) is 13.2 Å². The second-order valence-electron chi connectivity index (χ2n) is 17.8. The van der Waals surface area contributed by atoms with Gasteiger partial charge in [0, 0.05) is 19.3 Å². The van der Waals surface area contributed by atoms with Crippen molar-refractivity contribution in [2.24, 2.45) is 0 Å². The zero-order valence-electron chi connectivity index (χ0n) is 44.7. The quantitative estimate of drug-likeness (QED) is 0.0199. The van der Waals surface area contributed by atoms with E-state index < -0.39 is 12.1 Å². The zero-order valence-corrected chi connectivity index (χ0v) is 44.7. The minimum atomic E-state index is -0.844. The van der Waals surface area contributed by atoms with E-state index in [9.17, 15) is 14.4 Å². The number of unbranched alkanes of at least 4 members (excludes halogenated alkanes) is 14. The Balaban J connectivity index is 4.62. The molecule has 70 heavy (non-hydrogen) atoms. The molecule has 0 amide bonds. The molecule has 0 aromatic carbocycles. The van der Waals surface area contributed by atoms with Crippen LogP contribution in [-0.2, 0) is 28.6 Å². The Hall–Kier alpha value is -4.71. The molecule has 0 aliphatic heterocycles. The van der Waals surface area contributed by atoms with Crippen molar-refractivity contribution >= 4 is 17.9 Å². The van der Waals surface area contributed by atoms with Crippen LogP contribution in [0.2, 0.25) is 0 Å². The molecule has 0 fully saturated rings. The highest BCUT2D eigenvalue weighted by atomic mass is 16.6. The zero-order chi connectivity index (χ0) is 50.7. The van der Waals surface area contributed by atoms with Crippen LogP contribution in [0.15, 0.2) is 146 Å². The number of hydrogen-bond acceptors (Lipinski definition) is 6. The molecule has 392 valence electrons. The van der Waals surface area contributed by atoms with E-state index in [2.05, 4.69) is 167 Å². The van der Waals surface area contributed by atoms with Crippen molar-refractivity contribution in [3.8, 4) is 0 Å². The van der Waals surface area contributed by atoms with Crippen molar-refractivity contribution in [2.75, 3.05) is 13.2 Å². The molecule has 0 aliphatic rings. The second-order valence-corrected chi connectivity index (χ2v) is 17.8. The summed E-state index contributed by atoms with van der Waals surface area (Å²) < 4.78 is 16.7. The summed E-state index contributed by atoms with van der Waals surface area (Å²) in [5, 5.41) is 0. The summed E-state index contributed by atoms with van der Waals surface area (Å²) in [4.78, 5) is 38.1. The molecule has 6 heteroatoms. The van der Waals surface area contributed by atoms with Crippen LogP contribution in [0.4, 0.5) is 0 Å². The maximum atomic E-state index is 12.8. The first-order valence-corrected chi connectivity index (χ1v) is 27.9. The summed E-state index contributed by atoms with van der Waals surface area (Å²) in [6.45, 7) is 6.28. The molecule has 0 aromatic rings. The lowest BCUT2D eigenvalue weighted by molar-refractivity contribution is -0.167. The van der Waals surface area contributed by atoms with Gasteiger partial charge in [0.15, 0.2) is 6.10 Å². The summed E-state index contributed by atoms with van der Waals surface area (Å²) in [6, 6.07) is 0. The van der Waals surface area contributed by atoms with Crippen LogP contribution in [0.3, 0.4) is 0 Å². The minimum absolute atomic E-state index is 0.132. The molecule has 0 bridgehead atoms. The van der Waals surface area contributed by atoms with Gasteiger partial charge in [-0.3, -0.25) is 14.4 Å². The third kappa shape index (κ3) is 54.2. The van der Waals surface area contributed by atoms with Crippen molar-refractivity contribution in [1.29, 1.82) is 0 Å². The molecular weight excluding hydrogens is 865 g/mol. The largest absolute Gasteiger partial charge is 0.462 e. The molecule has 0 saturated heterocycles. The Bertz CT molecular complexity index is 1580. The average molecular weight is 965 g/mol. The Kier molecular flexibility index (Phi) is 53.0. The molecule has 0 heterocycles. The molecule has 0 radical (unpaired) electrons. The lowest BCUT2D eigenvalue weighted by Gasteiger charge is -2.18. The monoisotopic (exact) mass is 965 g/mol. The maximum Gasteiger partial charge on any atom is 0.306 e. The lowest BCUT2D eigenvalue weighted by Crippen LogP contribution is -2.30. The predicted molar refractivity (Wildman–Crippen MR) is 302 cm³/mol. The normalized spacial score (nSPS) is 13.2. The van der Waals surface area contributed by atoms with Crippen molar-refractivity contribution in [1.82, 2.24) is 0 Å². The molecule has 1 atom stereocenters. The summed E-state index contributed by atoms with van der Waals surface area (Å²) in [5.74, 6) is -1.07. The minimum Gasteiger partial charge on any atom is -0.462 e. The number of carbonyl (C=O) groups excluding carboxylic acids is 3. The van der Waals surface area contributed by atoms with Crippen molar-refractivity contribution in [3.63, 3.8) is 0 Å². The number of allylic oxidation sites excluding steroid dienone is 24. The molecular formula is C64H100O6. The second kappa shape index (κ2) is 56.9. The topological polar surface area (TPSA) is 78.9 Å². The van der Waals surface area contributed by atoms with E-state index in [0.29, 0.717) is 19.3 Å². The Morgan fingerprint density at radius 2 is 0.614 bits per heavy atom. The first-order valence-electron chi connectivity index (χ1n) is 27.9. The van der Waals surface area contributed by atoms with Gasteiger partial charge in [0.05, 0.1) is 0 Å². The van der Waals surface area contributed by atoms with Gasteiger partial charge in [0.2, 0.25) is 0 Å². The highest BCUT2D eigenvalue weighted by molar-refractivity contribution is 5.71. The van der Waals surface area contributed by atoms with E-state index >= 15 is 0 Å². The molecule has 0 N–H and O–H groups in total. The fraction of sp³-hybridized carbons (Fsp3) is 0.578. The molecule has 6 nitrogen and oxygen atoms in total. The van der Waals surface area contributed by atoms with Crippen LogP contribution in [0.25, 0.3) is 0 Å². The third-order valence-corrected chi connectivity index (χ3v) is 11.1. The third-order valence-electron chi connectivity index (χ3n) is 11.1. The number of rotatable bonds is 48. The van der Waals surface area contributed by atoms with Crippen molar-refractivity contribution < 1.29 is 28.6 Å². The van der Waals surface area contributed by atoms with Gasteiger partial charge in [-0.25, -0.2) is 0 Å². The van der Waals surface area contributed by atoms with Crippen LogP contribution in [0.1, 0.15) is 220 Å². The van der Waals surface area contributed by atoms with Gasteiger partial charge < -0.3 is 14.2 Å². The van der Waals surface area contributed by atoms with Crippen molar-refractivity contribution in [2.45, 2.75) is 226 Å². The summed E-state index contributed by atoms with van der Waals surface area (Å²) >= 11 is 0. The van der Waals surface area contributed by atoms with Crippen LogP contribution in [-0.4, -0.2) is 37.2 Å². The smallest absolute Gasteiger partial charge is 0.306 e. The van der Waals surface area contributed by atoms with Gasteiger partial charge in [-0.2, -0.15) is 0 Å². The summed E-state index contributed by atoms with van der Waals surface area (Å²) in [5.41, 5.74) is 0. The predicted octanol–water partition coefficient (Wildman–Crippen LogP) is 18.8. The first-order chi connectivity index (χ1) is 34.5. The van der Waals surface area contributed by atoms with Crippen LogP contribution in [0.5, 0.6) is 0 Å². The SMILES string of the molecule is CC/C=C\C/C=C\C/C=C\C/C=C\C/C=C\CCCC(=O)OCC(COC(=O)CCCCCCC/C=C\C=C/CCCCCCCCC)OC(=O)CCC/C=C\C/C=C\C/C=C\C/C=C\C/C=C\CC. The molecule has 0 spiro atoms. The molecule has 0 rings (SSSR count). The average Bonchev–Trinajstić information content (AvgIpc) is 3.36. The van der Waals surface area contributed by atoms with Crippen LogP contribution >= 0.6 is 0 Å². The Labute approximate surface area is 429 Å². The molecule has 0 aliphatic carbocycles. The van der Waals surface area contributed by atoms with Crippen LogP contribution in [0, 0.1) is 0 Å². The van der Waals surface area contributed by atoms with E-state index in [-0.39, 0.29) is 38.0 Å². The number of carbonyl (C=O) groups is 3. The molecule has 0 saturated carbocycles. The van der Waals surface area contributed by atoms with E-state index in [1.165, 1.54) is 51.4 Å². The highest BCUT2D eigenvalue weighted by Crippen LogP contribution is 2.12.